The molecule has 94 valence electrons. The van der Waals surface area contributed by atoms with Gasteiger partial charge in [0, 0.05) is 17.8 Å². The van der Waals surface area contributed by atoms with Gasteiger partial charge in [-0.1, -0.05) is 32.8 Å². The Kier molecular flexibility index (Phi) is 5.01. The van der Waals surface area contributed by atoms with Crippen LogP contribution < -0.4 is 11.1 Å². The maximum absolute atomic E-state index is 11.8. The summed E-state index contributed by atoms with van der Waals surface area (Å²) < 4.78 is 0. The number of anilines is 2. The van der Waals surface area contributed by atoms with Crippen molar-refractivity contribution in [3.05, 3.63) is 23.8 Å². The van der Waals surface area contributed by atoms with Crippen LogP contribution in [0.15, 0.2) is 18.2 Å². The second-order valence-corrected chi connectivity index (χ2v) is 4.72. The fraction of sp³-hybridized carbons (Fsp3) is 0.500. The second-order valence-electron chi connectivity index (χ2n) is 4.72. The van der Waals surface area contributed by atoms with Gasteiger partial charge in [-0.05, 0) is 30.5 Å². The van der Waals surface area contributed by atoms with E-state index in [9.17, 15) is 4.79 Å². The van der Waals surface area contributed by atoms with Crippen LogP contribution in [0.25, 0.3) is 0 Å². The monoisotopic (exact) mass is 234 g/mol. The fourth-order valence-electron chi connectivity index (χ4n) is 1.89. The number of aryl methyl sites for hydroxylation is 1. The van der Waals surface area contributed by atoms with Crippen LogP contribution in [0.4, 0.5) is 11.4 Å². The number of nitrogen functional groups attached to an aromatic ring is 1. The van der Waals surface area contributed by atoms with E-state index >= 15 is 0 Å². The number of hydrogen-bond acceptors (Lipinski definition) is 2. The molecule has 0 aromatic heterocycles. The lowest BCUT2D eigenvalue weighted by Gasteiger charge is -2.12. The second kappa shape index (κ2) is 6.28. The Labute approximate surface area is 103 Å². The van der Waals surface area contributed by atoms with E-state index in [1.807, 2.05) is 19.1 Å². The quantitative estimate of drug-likeness (QED) is 0.768. The standard InChI is InChI=1S/C14H22N2O/c1-4-5-10(2)8-14(17)16-13-9-12(15)7-6-11(13)3/h6-7,9-10H,4-5,8,15H2,1-3H3,(H,16,17). The Bertz CT molecular complexity index is 388. The third kappa shape index (κ3) is 4.47. The van der Waals surface area contributed by atoms with Crippen LogP contribution in [0, 0.1) is 12.8 Å². The molecule has 0 fully saturated rings. The number of carbonyl (C=O) groups is 1. The minimum Gasteiger partial charge on any atom is -0.399 e. The molecule has 0 radical (unpaired) electrons. The van der Waals surface area contributed by atoms with Crippen LogP contribution in [0.1, 0.15) is 38.7 Å². The highest BCUT2D eigenvalue weighted by Gasteiger charge is 2.09. The number of benzene rings is 1. The zero-order valence-corrected chi connectivity index (χ0v) is 10.9. The average molecular weight is 234 g/mol. The maximum atomic E-state index is 11.8. The molecule has 1 aromatic carbocycles. The first kappa shape index (κ1) is 13.6. The van der Waals surface area contributed by atoms with Gasteiger partial charge in [0.05, 0.1) is 0 Å². The number of hydrogen-bond donors (Lipinski definition) is 2. The van der Waals surface area contributed by atoms with Gasteiger partial charge in [-0.25, -0.2) is 0 Å². The highest BCUT2D eigenvalue weighted by molar-refractivity contribution is 5.92. The maximum Gasteiger partial charge on any atom is 0.224 e. The molecule has 1 rings (SSSR count). The van der Waals surface area contributed by atoms with Crippen molar-refractivity contribution in [2.24, 2.45) is 5.92 Å². The SMILES string of the molecule is CCCC(C)CC(=O)Nc1cc(N)ccc1C. The first-order valence-electron chi connectivity index (χ1n) is 6.19. The molecule has 3 nitrogen and oxygen atoms in total. The molecule has 1 amide bonds. The summed E-state index contributed by atoms with van der Waals surface area (Å²) in [4.78, 5) is 11.8. The predicted molar refractivity (Wildman–Crippen MR) is 72.9 cm³/mol. The Morgan fingerprint density at radius 1 is 1.47 bits per heavy atom. The molecule has 17 heavy (non-hydrogen) atoms. The van der Waals surface area contributed by atoms with Gasteiger partial charge in [0.1, 0.15) is 0 Å². The number of nitrogens with one attached hydrogen (secondary N) is 1. The minimum atomic E-state index is 0.0691. The van der Waals surface area contributed by atoms with Gasteiger partial charge < -0.3 is 11.1 Å². The lowest BCUT2D eigenvalue weighted by Crippen LogP contribution is -2.15. The Morgan fingerprint density at radius 3 is 2.82 bits per heavy atom. The largest absolute Gasteiger partial charge is 0.399 e. The topological polar surface area (TPSA) is 55.1 Å². The highest BCUT2D eigenvalue weighted by Crippen LogP contribution is 2.19. The summed E-state index contributed by atoms with van der Waals surface area (Å²) in [6.07, 6.45) is 2.77. The van der Waals surface area contributed by atoms with Crippen LogP contribution in [-0.2, 0) is 4.79 Å². The van der Waals surface area contributed by atoms with E-state index in [-0.39, 0.29) is 5.91 Å². The summed E-state index contributed by atoms with van der Waals surface area (Å²) in [5.41, 5.74) is 8.23. The van der Waals surface area contributed by atoms with Crippen molar-refractivity contribution in [3.8, 4) is 0 Å². The molecular formula is C14H22N2O. The normalized spacial score (nSPS) is 12.2. The fourth-order valence-corrected chi connectivity index (χ4v) is 1.89. The highest BCUT2D eigenvalue weighted by atomic mass is 16.1. The smallest absolute Gasteiger partial charge is 0.224 e. The molecule has 0 aliphatic carbocycles. The van der Waals surface area contributed by atoms with Crippen LogP contribution in [-0.4, -0.2) is 5.91 Å². The van der Waals surface area contributed by atoms with E-state index in [0.29, 0.717) is 18.0 Å². The summed E-state index contributed by atoms with van der Waals surface area (Å²) in [5.74, 6) is 0.501. The van der Waals surface area contributed by atoms with Gasteiger partial charge in [0.15, 0.2) is 0 Å². The molecule has 1 atom stereocenters. The summed E-state index contributed by atoms with van der Waals surface area (Å²) in [7, 11) is 0. The van der Waals surface area contributed by atoms with Gasteiger partial charge >= 0.3 is 0 Å². The number of rotatable bonds is 5. The van der Waals surface area contributed by atoms with E-state index in [0.717, 1.165) is 24.1 Å². The molecule has 0 saturated heterocycles. The van der Waals surface area contributed by atoms with E-state index in [1.165, 1.54) is 0 Å². The molecule has 3 N–H and O–H groups in total. The van der Waals surface area contributed by atoms with Crippen LogP contribution in [0.5, 0.6) is 0 Å². The van der Waals surface area contributed by atoms with Crippen molar-refractivity contribution in [3.63, 3.8) is 0 Å². The summed E-state index contributed by atoms with van der Waals surface area (Å²) >= 11 is 0. The third-order valence-corrected chi connectivity index (χ3v) is 2.85. The zero-order valence-electron chi connectivity index (χ0n) is 10.9. The average Bonchev–Trinajstić information content (AvgIpc) is 2.23. The van der Waals surface area contributed by atoms with Crippen molar-refractivity contribution in [1.82, 2.24) is 0 Å². The number of nitrogens with two attached hydrogens (primary N) is 1. The zero-order chi connectivity index (χ0) is 12.8. The van der Waals surface area contributed by atoms with Gasteiger partial charge in [-0.3, -0.25) is 4.79 Å². The number of carbonyl (C=O) groups excluding carboxylic acids is 1. The first-order chi connectivity index (χ1) is 8.02. The van der Waals surface area contributed by atoms with Crippen LogP contribution in [0.3, 0.4) is 0 Å². The molecule has 0 saturated carbocycles. The van der Waals surface area contributed by atoms with Gasteiger partial charge in [-0.2, -0.15) is 0 Å². The van der Waals surface area contributed by atoms with Gasteiger partial charge in [0.2, 0.25) is 5.91 Å². The number of amides is 1. The minimum absolute atomic E-state index is 0.0691. The van der Waals surface area contributed by atoms with E-state index in [4.69, 9.17) is 5.73 Å². The Morgan fingerprint density at radius 2 is 2.18 bits per heavy atom. The Balaban J connectivity index is 2.58. The third-order valence-electron chi connectivity index (χ3n) is 2.85. The summed E-state index contributed by atoms with van der Waals surface area (Å²) in [6, 6.07) is 5.56. The van der Waals surface area contributed by atoms with E-state index in [2.05, 4.69) is 19.2 Å². The van der Waals surface area contributed by atoms with E-state index in [1.54, 1.807) is 6.07 Å². The summed E-state index contributed by atoms with van der Waals surface area (Å²) in [6.45, 7) is 6.20. The van der Waals surface area contributed by atoms with Crippen molar-refractivity contribution >= 4 is 17.3 Å². The van der Waals surface area contributed by atoms with Crippen LogP contribution in [0.2, 0.25) is 0 Å². The van der Waals surface area contributed by atoms with Crippen molar-refractivity contribution in [2.75, 3.05) is 11.1 Å². The lowest BCUT2D eigenvalue weighted by atomic mass is 10.0. The summed E-state index contributed by atoms with van der Waals surface area (Å²) in [5, 5.41) is 2.92. The van der Waals surface area contributed by atoms with Crippen LogP contribution >= 0.6 is 0 Å². The lowest BCUT2D eigenvalue weighted by molar-refractivity contribution is -0.117. The van der Waals surface area contributed by atoms with Crippen molar-refractivity contribution < 1.29 is 4.79 Å². The van der Waals surface area contributed by atoms with Gasteiger partial charge in [-0.15, -0.1) is 0 Å². The molecular weight excluding hydrogens is 212 g/mol. The Hall–Kier alpha value is -1.51. The first-order valence-corrected chi connectivity index (χ1v) is 6.19. The molecule has 3 heteroatoms. The molecule has 0 aliphatic heterocycles. The molecule has 0 bridgehead atoms. The molecule has 1 aromatic rings. The molecule has 0 heterocycles. The molecule has 0 aliphatic rings. The van der Waals surface area contributed by atoms with Crippen molar-refractivity contribution in [1.29, 1.82) is 0 Å². The predicted octanol–water partition coefficient (Wildman–Crippen LogP) is 3.34. The van der Waals surface area contributed by atoms with Gasteiger partial charge in [0.25, 0.3) is 0 Å². The van der Waals surface area contributed by atoms with Crippen molar-refractivity contribution in [2.45, 2.75) is 40.0 Å². The molecule has 1 unspecified atom stereocenters. The van der Waals surface area contributed by atoms with E-state index < -0.39 is 0 Å². The molecule has 0 spiro atoms.